The number of aromatic nitrogens is 2. The first-order chi connectivity index (χ1) is 8.64. The van der Waals surface area contributed by atoms with Crippen molar-refractivity contribution in [3.05, 3.63) is 24.4 Å². The van der Waals surface area contributed by atoms with Gasteiger partial charge in [-0.15, -0.1) is 13.2 Å². The fourth-order valence-corrected chi connectivity index (χ4v) is 2.30. The molecule has 0 amide bonds. The van der Waals surface area contributed by atoms with Gasteiger partial charge in [0, 0.05) is 5.39 Å². The molecular formula is C9H4Cl2F4N2OS. The van der Waals surface area contributed by atoms with Gasteiger partial charge in [-0.3, -0.25) is 0 Å². The summed E-state index contributed by atoms with van der Waals surface area (Å²) in [6, 6.07) is 3.49. The molecule has 0 fully saturated rings. The lowest BCUT2D eigenvalue weighted by Gasteiger charge is -2.10. The summed E-state index contributed by atoms with van der Waals surface area (Å²) < 4.78 is 51.4. The fraction of sp³-hybridized carbons (Fsp3) is 0.222. The SMILES string of the molecule is FC(F)(F)Oc1ccc2c(cnn2SC(F)(Cl)Cl)c1. The summed E-state index contributed by atoms with van der Waals surface area (Å²) in [6.45, 7) is 0. The fourth-order valence-electron chi connectivity index (χ4n) is 1.35. The zero-order valence-electron chi connectivity index (χ0n) is 8.79. The van der Waals surface area contributed by atoms with Gasteiger partial charge in [-0.05, 0) is 18.2 Å². The van der Waals surface area contributed by atoms with E-state index in [9.17, 15) is 17.6 Å². The van der Waals surface area contributed by atoms with Crippen LogP contribution in [0.4, 0.5) is 17.6 Å². The second-order valence-electron chi connectivity index (χ2n) is 3.32. The van der Waals surface area contributed by atoms with Crippen molar-refractivity contribution in [3.63, 3.8) is 0 Å². The Morgan fingerprint density at radius 2 is 1.89 bits per heavy atom. The standard InChI is InChI=1S/C9H4Cl2F4N2OS/c10-8(11,12)19-17-7-2-1-6(18-9(13,14)15)3-5(7)4-16-17/h1-4H. The molecule has 0 aliphatic rings. The molecule has 3 nitrogen and oxygen atoms in total. The van der Waals surface area contributed by atoms with Gasteiger partial charge in [0.05, 0.1) is 23.7 Å². The molecule has 0 spiro atoms. The van der Waals surface area contributed by atoms with E-state index < -0.39 is 16.0 Å². The van der Waals surface area contributed by atoms with E-state index in [1.165, 1.54) is 12.3 Å². The van der Waals surface area contributed by atoms with E-state index in [4.69, 9.17) is 23.2 Å². The van der Waals surface area contributed by atoms with Crippen molar-refractivity contribution >= 4 is 46.1 Å². The summed E-state index contributed by atoms with van der Waals surface area (Å²) >= 11 is 10.7. The molecule has 104 valence electrons. The lowest BCUT2D eigenvalue weighted by Crippen LogP contribution is -2.16. The lowest BCUT2D eigenvalue weighted by atomic mass is 10.2. The van der Waals surface area contributed by atoms with Gasteiger partial charge in [0.2, 0.25) is 0 Å². The molecular weight excluding hydrogens is 331 g/mol. The Balaban J connectivity index is 2.32. The van der Waals surface area contributed by atoms with Gasteiger partial charge >= 0.3 is 10.3 Å². The summed E-state index contributed by atoms with van der Waals surface area (Å²) in [5, 5.41) is 4.08. The Labute approximate surface area is 118 Å². The molecule has 0 aliphatic carbocycles. The van der Waals surface area contributed by atoms with Crippen molar-refractivity contribution in [1.82, 2.24) is 9.19 Å². The number of ether oxygens (including phenoxy) is 1. The number of halogens is 6. The Bertz CT molecular complexity index is 596. The third-order valence-corrected chi connectivity index (χ3v) is 3.02. The third kappa shape index (κ3) is 4.05. The molecule has 1 aromatic carbocycles. The van der Waals surface area contributed by atoms with Crippen molar-refractivity contribution in [2.45, 2.75) is 10.3 Å². The van der Waals surface area contributed by atoms with E-state index in [1.54, 1.807) is 0 Å². The van der Waals surface area contributed by atoms with E-state index in [0.29, 0.717) is 22.9 Å². The van der Waals surface area contributed by atoms with Crippen LogP contribution in [0.2, 0.25) is 0 Å². The number of hydrogen-bond donors (Lipinski definition) is 0. The average molecular weight is 335 g/mol. The molecule has 19 heavy (non-hydrogen) atoms. The van der Waals surface area contributed by atoms with Crippen molar-refractivity contribution in [2.24, 2.45) is 0 Å². The van der Waals surface area contributed by atoms with Gasteiger partial charge in [0.25, 0.3) is 0 Å². The summed E-state index contributed by atoms with van der Waals surface area (Å²) in [5.41, 5.74) is 0.350. The van der Waals surface area contributed by atoms with Crippen molar-refractivity contribution in [2.75, 3.05) is 0 Å². The van der Waals surface area contributed by atoms with Crippen LogP contribution < -0.4 is 4.74 Å². The van der Waals surface area contributed by atoms with Crippen molar-refractivity contribution < 1.29 is 22.3 Å². The van der Waals surface area contributed by atoms with Gasteiger partial charge in [0.15, 0.2) is 0 Å². The number of rotatable bonds is 3. The van der Waals surface area contributed by atoms with Gasteiger partial charge < -0.3 is 4.74 Å². The highest BCUT2D eigenvalue weighted by atomic mass is 35.5. The van der Waals surface area contributed by atoms with Gasteiger partial charge in [-0.1, -0.05) is 23.2 Å². The molecule has 0 aliphatic heterocycles. The van der Waals surface area contributed by atoms with Crippen molar-refractivity contribution in [3.8, 4) is 5.75 Å². The minimum Gasteiger partial charge on any atom is -0.406 e. The van der Waals surface area contributed by atoms with Crippen LogP contribution in [0.25, 0.3) is 10.9 Å². The van der Waals surface area contributed by atoms with Crippen molar-refractivity contribution in [1.29, 1.82) is 0 Å². The predicted molar refractivity (Wildman–Crippen MR) is 65.0 cm³/mol. The first kappa shape index (κ1) is 14.5. The predicted octanol–water partition coefficient (Wildman–Crippen LogP) is 4.49. The second kappa shape index (κ2) is 4.92. The molecule has 0 unspecified atom stereocenters. The second-order valence-corrected chi connectivity index (χ2v) is 6.10. The highest BCUT2D eigenvalue weighted by molar-refractivity contribution is 8.01. The van der Waals surface area contributed by atoms with E-state index in [0.717, 1.165) is 16.2 Å². The van der Waals surface area contributed by atoms with E-state index in [1.807, 2.05) is 0 Å². The van der Waals surface area contributed by atoms with E-state index >= 15 is 0 Å². The van der Waals surface area contributed by atoms with Crippen LogP contribution >= 0.6 is 35.1 Å². The number of hydrogen-bond acceptors (Lipinski definition) is 3. The summed E-state index contributed by atoms with van der Waals surface area (Å²) in [6.07, 6.45) is -3.54. The quantitative estimate of drug-likeness (QED) is 0.611. The maximum absolute atomic E-state index is 13.0. The Hall–Kier alpha value is -0.860. The topological polar surface area (TPSA) is 27.1 Å². The smallest absolute Gasteiger partial charge is 0.406 e. The molecule has 0 saturated heterocycles. The minimum absolute atomic E-state index is 0.326. The van der Waals surface area contributed by atoms with Crippen LogP contribution in [-0.4, -0.2) is 19.5 Å². The molecule has 0 bridgehead atoms. The molecule has 1 heterocycles. The van der Waals surface area contributed by atoms with E-state index in [2.05, 4.69) is 9.84 Å². The lowest BCUT2D eigenvalue weighted by molar-refractivity contribution is -0.274. The maximum atomic E-state index is 13.0. The molecule has 0 N–H and O–H groups in total. The summed E-state index contributed by atoms with van der Waals surface area (Å²) in [5.74, 6) is -0.396. The Morgan fingerprint density at radius 1 is 1.21 bits per heavy atom. The first-order valence-corrected chi connectivity index (χ1v) is 6.17. The monoisotopic (exact) mass is 334 g/mol. The molecule has 1 aromatic heterocycles. The van der Waals surface area contributed by atoms with Crippen LogP contribution in [0.3, 0.4) is 0 Å². The summed E-state index contributed by atoms with van der Waals surface area (Å²) in [7, 11) is 0. The molecule has 0 atom stereocenters. The number of alkyl halides is 6. The van der Waals surface area contributed by atoms with E-state index in [-0.39, 0.29) is 0 Å². The van der Waals surface area contributed by atoms with Gasteiger partial charge in [-0.25, -0.2) is 4.09 Å². The van der Waals surface area contributed by atoms with Crippen LogP contribution in [0.1, 0.15) is 0 Å². The normalized spacial score (nSPS) is 12.9. The first-order valence-electron chi connectivity index (χ1n) is 4.64. The summed E-state index contributed by atoms with van der Waals surface area (Å²) in [4.78, 5) is 0. The number of benzene rings is 1. The highest BCUT2D eigenvalue weighted by Crippen LogP contribution is 2.38. The maximum Gasteiger partial charge on any atom is 0.573 e. The Kier molecular flexibility index (Phi) is 3.76. The molecule has 0 saturated carbocycles. The van der Waals surface area contributed by atoms with Crippen LogP contribution in [0.15, 0.2) is 24.4 Å². The zero-order valence-corrected chi connectivity index (χ0v) is 11.1. The molecule has 2 aromatic rings. The average Bonchev–Trinajstić information content (AvgIpc) is 2.56. The number of fused-ring (bicyclic) bond motifs is 1. The number of nitrogens with zero attached hydrogens (tertiary/aromatic N) is 2. The van der Waals surface area contributed by atoms with Gasteiger partial charge in [-0.2, -0.15) is 9.49 Å². The van der Waals surface area contributed by atoms with Crippen LogP contribution in [0.5, 0.6) is 5.75 Å². The van der Waals surface area contributed by atoms with Crippen LogP contribution in [0, 0.1) is 0 Å². The zero-order chi connectivity index (χ0) is 14.3. The van der Waals surface area contributed by atoms with Gasteiger partial charge in [0.1, 0.15) is 5.75 Å². The highest BCUT2D eigenvalue weighted by Gasteiger charge is 2.31. The Morgan fingerprint density at radius 3 is 2.47 bits per heavy atom. The molecule has 0 radical (unpaired) electrons. The third-order valence-electron chi connectivity index (χ3n) is 1.93. The largest absolute Gasteiger partial charge is 0.573 e. The molecule has 10 heteroatoms. The minimum atomic E-state index is -4.78. The van der Waals surface area contributed by atoms with Crippen LogP contribution in [-0.2, 0) is 0 Å². The molecule has 2 rings (SSSR count).